The summed E-state index contributed by atoms with van der Waals surface area (Å²) in [6.45, 7) is 1.92. The van der Waals surface area contributed by atoms with Gasteiger partial charge in [-0.05, 0) is 37.5 Å². The number of aryl methyl sites for hydroxylation is 1. The van der Waals surface area contributed by atoms with E-state index in [2.05, 4.69) is 4.98 Å². The van der Waals surface area contributed by atoms with E-state index < -0.39 is 18.7 Å². The summed E-state index contributed by atoms with van der Waals surface area (Å²) in [5.41, 5.74) is 2.56. The summed E-state index contributed by atoms with van der Waals surface area (Å²) in [6, 6.07) is 5.89. The Morgan fingerprint density at radius 1 is 1.40 bits per heavy atom. The molecular formula is C14H15F3N2O. The number of aromatic nitrogens is 2. The fraction of sp³-hybridized carbons (Fsp3) is 0.500. The number of rotatable bonds is 3. The van der Waals surface area contributed by atoms with Crippen LogP contribution in [0.3, 0.4) is 0 Å². The zero-order chi connectivity index (χ0) is 14.5. The van der Waals surface area contributed by atoms with Crippen LogP contribution in [0.15, 0.2) is 18.2 Å². The molecule has 1 heterocycles. The summed E-state index contributed by atoms with van der Waals surface area (Å²) in [5.74, 6) is 0.318. The normalized spacial score (nSPS) is 17.6. The third-order valence-corrected chi connectivity index (χ3v) is 3.58. The minimum Gasteiger partial charge on any atom is -0.383 e. The number of nitrogens with zero attached hydrogens (tertiary/aromatic N) is 2. The first-order valence-corrected chi connectivity index (χ1v) is 6.58. The van der Waals surface area contributed by atoms with E-state index >= 15 is 0 Å². The zero-order valence-electron chi connectivity index (χ0n) is 11.0. The number of alkyl halides is 3. The van der Waals surface area contributed by atoms with Crippen molar-refractivity contribution in [3.05, 3.63) is 29.6 Å². The Balaban J connectivity index is 2.03. The van der Waals surface area contributed by atoms with Crippen LogP contribution in [0.5, 0.6) is 0 Å². The standard InChI is InChI=1S/C14H15F3N2O/c1-8-2-5-11-10(6-8)18-13(19(11)9-3-4-9)7-12(20)14(15,16)17/h2,5-6,9,12,20H,3-4,7H2,1H3. The van der Waals surface area contributed by atoms with E-state index in [4.69, 9.17) is 0 Å². The molecule has 1 aliphatic carbocycles. The highest BCUT2D eigenvalue weighted by Crippen LogP contribution is 2.39. The predicted octanol–water partition coefficient (Wildman–Crippen LogP) is 3.15. The lowest BCUT2D eigenvalue weighted by Gasteiger charge is -2.15. The molecule has 1 saturated carbocycles. The Morgan fingerprint density at radius 3 is 2.70 bits per heavy atom. The summed E-state index contributed by atoms with van der Waals surface area (Å²) in [5, 5.41) is 9.27. The molecule has 1 atom stereocenters. The third kappa shape index (κ3) is 2.40. The van der Waals surface area contributed by atoms with Gasteiger partial charge in [-0.25, -0.2) is 4.98 Å². The molecule has 108 valence electrons. The minimum atomic E-state index is -4.61. The highest BCUT2D eigenvalue weighted by Gasteiger charge is 2.40. The number of aliphatic hydroxyl groups is 1. The molecule has 0 aliphatic heterocycles. The molecule has 0 amide bonds. The second-order valence-corrected chi connectivity index (χ2v) is 5.38. The van der Waals surface area contributed by atoms with E-state index in [1.165, 1.54) is 0 Å². The van der Waals surface area contributed by atoms with Gasteiger partial charge in [0.25, 0.3) is 0 Å². The number of hydrogen-bond acceptors (Lipinski definition) is 2. The van der Waals surface area contributed by atoms with Crippen molar-refractivity contribution in [3.8, 4) is 0 Å². The van der Waals surface area contributed by atoms with Gasteiger partial charge in [0, 0.05) is 12.5 Å². The lowest BCUT2D eigenvalue weighted by Crippen LogP contribution is -2.31. The minimum absolute atomic E-state index is 0.220. The van der Waals surface area contributed by atoms with Crippen molar-refractivity contribution < 1.29 is 18.3 Å². The van der Waals surface area contributed by atoms with Crippen LogP contribution < -0.4 is 0 Å². The van der Waals surface area contributed by atoms with E-state index in [9.17, 15) is 18.3 Å². The van der Waals surface area contributed by atoms with Gasteiger partial charge < -0.3 is 9.67 Å². The van der Waals surface area contributed by atoms with Gasteiger partial charge >= 0.3 is 6.18 Å². The van der Waals surface area contributed by atoms with Crippen molar-refractivity contribution in [1.82, 2.24) is 9.55 Å². The van der Waals surface area contributed by atoms with Gasteiger partial charge in [0.1, 0.15) is 5.82 Å². The molecule has 1 unspecified atom stereocenters. The monoisotopic (exact) mass is 284 g/mol. The van der Waals surface area contributed by atoms with E-state index in [0.717, 1.165) is 23.9 Å². The fourth-order valence-electron chi connectivity index (χ4n) is 2.43. The number of aliphatic hydroxyl groups excluding tert-OH is 1. The van der Waals surface area contributed by atoms with Crippen LogP contribution in [-0.2, 0) is 6.42 Å². The maximum Gasteiger partial charge on any atom is 0.414 e. The average molecular weight is 284 g/mol. The second-order valence-electron chi connectivity index (χ2n) is 5.38. The van der Waals surface area contributed by atoms with E-state index in [-0.39, 0.29) is 6.04 Å². The topological polar surface area (TPSA) is 38.1 Å². The summed E-state index contributed by atoms with van der Waals surface area (Å²) in [6.07, 6.45) is -5.56. The Labute approximate surface area is 114 Å². The fourth-order valence-corrected chi connectivity index (χ4v) is 2.43. The van der Waals surface area contributed by atoms with Crippen molar-refractivity contribution in [2.24, 2.45) is 0 Å². The van der Waals surface area contributed by atoms with Crippen molar-refractivity contribution in [2.75, 3.05) is 0 Å². The van der Waals surface area contributed by atoms with Gasteiger partial charge in [0.05, 0.1) is 11.0 Å². The summed E-state index contributed by atoms with van der Waals surface area (Å²) in [4.78, 5) is 4.29. The predicted molar refractivity (Wildman–Crippen MR) is 68.5 cm³/mol. The van der Waals surface area contributed by atoms with E-state index in [0.29, 0.717) is 11.3 Å². The first kappa shape index (κ1) is 13.4. The van der Waals surface area contributed by atoms with Gasteiger partial charge in [-0.15, -0.1) is 0 Å². The largest absolute Gasteiger partial charge is 0.414 e. The number of fused-ring (bicyclic) bond motifs is 1. The first-order valence-electron chi connectivity index (χ1n) is 6.58. The van der Waals surface area contributed by atoms with E-state index in [1.807, 2.05) is 29.7 Å². The van der Waals surface area contributed by atoms with Crippen molar-refractivity contribution >= 4 is 11.0 Å². The van der Waals surface area contributed by atoms with Crippen LogP contribution >= 0.6 is 0 Å². The highest BCUT2D eigenvalue weighted by molar-refractivity contribution is 5.77. The lowest BCUT2D eigenvalue weighted by atomic mass is 10.2. The zero-order valence-corrected chi connectivity index (χ0v) is 11.0. The molecule has 0 spiro atoms. The van der Waals surface area contributed by atoms with Crippen LogP contribution in [0.1, 0.15) is 30.3 Å². The van der Waals surface area contributed by atoms with Crippen LogP contribution in [-0.4, -0.2) is 26.9 Å². The Kier molecular flexibility index (Phi) is 3.01. The van der Waals surface area contributed by atoms with Gasteiger partial charge in [-0.2, -0.15) is 13.2 Å². The molecule has 1 aromatic heterocycles. The van der Waals surface area contributed by atoms with Crippen LogP contribution in [0.4, 0.5) is 13.2 Å². The van der Waals surface area contributed by atoms with E-state index in [1.54, 1.807) is 0 Å². The molecule has 6 heteroatoms. The van der Waals surface area contributed by atoms with Crippen LogP contribution in [0, 0.1) is 6.92 Å². The Hall–Kier alpha value is -1.56. The van der Waals surface area contributed by atoms with Crippen molar-refractivity contribution in [1.29, 1.82) is 0 Å². The van der Waals surface area contributed by atoms with Crippen molar-refractivity contribution in [2.45, 2.75) is 44.5 Å². The molecule has 3 rings (SSSR count). The average Bonchev–Trinajstić information content (AvgIpc) is 3.10. The smallest absolute Gasteiger partial charge is 0.383 e. The SMILES string of the molecule is Cc1ccc2c(c1)nc(CC(O)C(F)(F)F)n2C1CC1. The summed E-state index contributed by atoms with van der Waals surface area (Å²) < 4.78 is 39.4. The molecule has 3 nitrogen and oxygen atoms in total. The molecule has 1 fully saturated rings. The molecule has 1 aromatic carbocycles. The number of imidazole rings is 1. The molecule has 0 saturated heterocycles. The first-order chi connectivity index (χ1) is 9.36. The van der Waals surface area contributed by atoms with Crippen LogP contribution in [0.25, 0.3) is 11.0 Å². The molecule has 20 heavy (non-hydrogen) atoms. The van der Waals surface area contributed by atoms with Gasteiger partial charge in [0.15, 0.2) is 6.10 Å². The molecule has 1 aliphatic rings. The maximum absolute atomic E-state index is 12.5. The number of hydrogen-bond donors (Lipinski definition) is 1. The maximum atomic E-state index is 12.5. The van der Waals surface area contributed by atoms with Crippen molar-refractivity contribution in [3.63, 3.8) is 0 Å². The number of benzene rings is 1. The number of halogens is 3. The summed E-state index contributed by atoms with van der Waals surface area (Å²) >= 11 is 0. The third-order valence-electron chi connectivity index (χ3n) is 3.58. The molecule has 0 radical (unpaired) electrons. The highest BCUT2D eigenvalue weighted by atomic mass is 19.4. The molecule has 0 bridgehead atoms. The Bertz CT molecular complexity index is 644. The molecule has 1 N–H and O–H groups in total. The molecule has 2 aromatic rings. The van der Waals surface area contributed by atoms with Crippen LogP contribution in [0.2, 0.25) is 0 Å². The quantitative estimate of drug-likeness (QED) is 0.940. The second kappa shape index (κ2) is 4.48. The van der Waals surface area contributed by atoms with Gasteiger partial charge in [-0.1, -0.05) is 6.07 Å². The molecular weight excluding hydrogens is 269 g/mol. The Morgan fingerprint density at radius 2 is 2.10 bits per heavy atom. The summed E-state index contributed by atoms with van der Waals surface area (Å²) in [7, 11) is 0. The lowest BCUT2D eigenvalue weighted by molar-refractivity contribution is -0.203. The van der Waals surface area contributed by atoms with Gasteiger partial charge in [-0.3, -0.25) is 0 Å². The van der Waals surface area contributed by atoms with Gasteiger partial charge in [0.2, 0.25) is 0 Å².